The second-order valence-corrected chi connectivity index (χ2v) is 6.00. The highest BCUT2D eigenvalue weighted by atomic mass is 16.5. The molecule has 0 aliphatic carbocycles. The van der Waals surface area contributed by atoms with Crippen LogP contribution in [0.3, 0.4) is 0 Å². The monoisotopic (exact) mass is 289 g/mol. The Labute approximate surface area is 125 Å². The van der Waals surface area contributed by atoms with E-state index >= 15 is 0 Å². The Hall–Kier alpha value is -1.39. The first kappa shape index (κ1) is 14.5. The maximum atomic E-state index is 12.7. The maximum absolute atomic E-state index is 12.7. The number of rotatable bonds is 6. The molecule has 0 radical (unpaired) electrons. The van der Waals surface area contributed by atoms with Crippen molar-refractivity contribution >= 4 is 5.91 Å². The van der Waals surface area contributed by atoms with E-state index in [1.807, 2.05) is 23.1 Å². The summed E-state index contributed by atoms with van der Waals surface area (Å²) in [6.45, 7) is 1.10. The molecule has 0 saturated carbocycles. The van der Waals surface area contributed by atoms with E-state index in [4.69, 9.17) is 4.74 Å². The number of hydrogen-bond donors (Lipinski definition) is 1. The molecule has 21 heavy (non-hydrogen) atoms. The molecule has 1 aromatic carbocycles. The van der Waals surface area contributed by atoms with Gasteiger partial charge in [0.2, 0.25) is 5.91 Å². The van der Waals surface area contributed by atoms with E-state index in [0.717, 1.165) is 25.7 Å². The molecule has 4 heteroatoms. The van der Waals surface area contributed by atoms with Gasteiger partial charge >= 0.3 is 0 Å². The molecule has 0 aromatic heterocycles. The van der Waals surface area contributed by atoms with Gasteiger partial charge in [0, 0.05) is 13.1 Å². The molecule has 2 fully saturated rings. The minimum atomic E-state index is 0.00562. The zero-order chi connectivity index (χ0) is 14.7. The molecule has 3 unspecified atom stereocenters. The van der Waals surface area contributed by atoms with Crippen molar-refractivity contribution in [2.45, 2.75) is 37.9 Å². The highest BCUT2D eigenvalue weighted by Gasteiger charge is 2.45. The number of carbonyl (C=O) groups excluding carboxylic acids is 1. The lowest BCUT2D eigenvalue weighted by atomic mass is 9.88. The van der Waals surface area contributed by atoms with Crippen molar-refractivity contribution in [2.24, 2.45) is 5.92 Å². The Morgan fingerprint density at radius 2 is 2.05 bits per heavy atom. The van der Waals surface area contributed by atoms with Crippen LogP contribution >= 0.6 is 0 Å². The average Bonchev–Trinajstić information content (AvgIpc) is 3.14. The summed E-state index contributed by atoms with van der Waals surface area (Å²) in [5, 5.41) is 9.23. The first-order valence-electron chi connectivity index (χ1n) is 7.87. The molecule has 2 bridgehead atoms. The van der Waals surface area contributed by atoms with E-state index in [-0.39, 0.29) is 30.6 Å². The van der Waals surface area contributed by atoms with Gasteiger partial charge in [0.05, 0.1) is 24.7 Å². The lowest BCUT2D eigenvalue weighted by Gasteiger charge is -2.27. The normalized spacial score (nSPS) is 27.0. The smallest absolute Gasteiger partial charge is 0.228 e. The van der Waals surface area contributed by atoms with Crippen LogP contribution in [0.1, 0.15) is 24.8 Å². The van der Waals surface area contributed by atoms with Gasteiger partial charge in [0.25, 0.3) is 0 Å². The highest BCUT2D eigenvalue weighted by Crippen LogP contribution is 2.39. The van der Waals surface area contributed by atoms with E-state index in [1.54, 1.807) is 0 Å². The van der Waals surface area contributed by atoms with Gasteiger partial charge in [-0.15, -0.1) is 0 Å². The van der Waals surface area contributed by atoms with Crippen LogP contribution in [0.5, 0.6) is 0 Å². The van der Waals surface area contributed by atoms with Crippen LogP contribution in [0.15, 0.2) is 30.3 Å². The molecule has 3 atom stereocenters. The Bertz CT molecular complexity index is 476. The van der Waals surface area contributed by atoms with Crippen molar-refractivity contribution in [2.75, 3.05) is 19.7 Å². The number of hydrogen-bond acceptors (Lipinski definition) is 3. The van der Waals surface area contributed by atoms with Crippen molar-refractivity contribution in [3.05, 3.63) is 35.9 Å². The Balaban J connectivity index is 1.59. The topological polar surface area (TPSA) is 49.8 Å². The summed E-state index contributed by atoms with van der Waals surface area (Å²) in [6, 6.07) is 10.2. The third kappa shape index (κ3) is 3.27. The molecule has 2 saturated heterocycles. The number of nitrogens with zero attached hydrogens (tertiary/aromatic N) is 1. The minimum Gasteiger partial charge on any atom is -0.395 e. The maximum Gasteiger partial charge on any atom is 0.228 e. The van der Waals surface area contributed by atoms with Gasteiger partial charge in [0.15, 0.2) is 0 Å². The summed E-state index contributed by atoms with van der Waals surface area (Å²) in [5.41, 5.74) is 1.22. The second-order valence-electron chi connectivity index (χ2n) is 6.00. The Morgan fingerprint density at radius 3 is 2.67 bits per heavy atom. The number of aliphatic hydroxyl groups is 1. The zero-order valence-corrected chi connectivity index (χ0v) is 12.3. The molecule has 2 heterocycles. The largest absolute Gasteiger partial charge is 0.395 e. The molecule has 1 aromatic rings. The van der Waals surface area contributed by atoms with E-state index < -0.39 is 0 Å². The molecule has 1 N–H and O–H groups in total. The fourth-order valence-electron chi connectivity index (χ4n) is 3.49. The third-order valence-corrected chi connectivity index (χ3v) is 4.62. The predicted octanol–water partition coefficient (Wildman–Crippen LogP) is 1.62. The molecule has 114 valence electrons. The van der Waals surface area contributed by atoms with Crippen molar-refractivity contribution in [1.82, 2.24) is 4.90 Å². The van der Waals surface area contributed by atoms with Gasteiger partial charge in [-0.05, 0) is 31.2 Å². The quantitative estimate of drug-likeness (QED) is 0.866. The van der Waals surface area contributed by atoms with Crippen molar-refractivity contribution in [3.63, 3.8) is 0 Å². The van der Waals surface area contributed by atoms with Gasteiger partial charge in [-0.25, -0.2) is 0 Å². The fourth-order valence-corrected chi connectivity index (χ4v) is 3.49. The van der Waals surface area contributed by atoms with Crippen LogP contribution in [0.2, 0.25) is 0 Å². The molecule has 3 rings (SSSR count). The van der Waals surface area contributed by atoms with Crippen LogP contribution in [-0.4, -0.2) is 47.8 Å². The summed E-state index contributed by atoms with van der Waals surface area (Å²) in [6.07, 6.45) is 4.19. The van der Waals surface area contributed by atoms with Crippen LogP contribution in [-0.2, 0) is 16.0 Å². The summed E-state index contributed by atoms with van der Waals surface area (Å²) < 4.78 is 5.79. The number of carbonyl (C=O) groups is 1. The van der Waals surface area contributed by atoms with Gasteiger partial charge in [-0.2, -0.15) is 0 Å². The Kier molecular flexibility index (Phi) is 4.56. The van der Waals surface area contributed by atoms with Gasteiger partial charge in [0.1, 0.15) is 0 Å². The number of ether oxygens (including phenoxy) is 1. The van der Waals surface area contributed by atoms with E-state index in [2.05, 4.69) is 12.1 Å². The number of amides is 1. The SMILES string of the molecule is O=C(C1CC2CCC1O2)N(CCO)CCc1ccccc1. The second kappa shape index (κ2) is 6.58. The number of benzene rings is 1. The average molecular weight is 289 g/mol. The molecular formula is C17H23NO3. The van der Waals surface area contributed by atoms with Crippen LogP contribution in [0.25, 0.3) is 0 Å². The van der Waals surface area contributed by atoms with Crippen molar-refractivity contribution in [1.29, 1.82) is 0 Å². The van der Waals surface area contributed by atoms with E-state index in [0.29, 0.717) is 13.1 Å². The summed E-state index contributed by atoms with van der Waals surface area (Å²) in [4.78, 5) is 14.5. The van der Waals surface area contributed by atoms with E-state index in [1.165, 1.54) is 5.56 Å². The van der Waals surface area contributed by atoms with Crippen LogP contribution in [0.4, 0.5) is 0 Å². The summed E-state index contributed by atoms with van der Waals surface area (Å²) in [7, 11) is 0. The van der Waals surface area contributed by atoms with Crippen molar-refractivity contribution in [3.8, 4) is 0 Å². The Morgan fingerprint density at radius 1 is 1.24 bits per heavy atom. The number of aliphatic hydroxyl groups excluding tert-OH is 1. The van der Waals surface area contributed by atoms with Crippen molar-refractivity contribution < 1.29 is 14.6 Å². The minimum absolute atomic E-state index is 0.00562. The number of fused-ring (bicyclic) bond motifs is 2. The summed E-state index contributed by atoms with van der Waals surface area (Å²) in [5.74, 6) is 0.165. The fraction of sp³-hybridized carbons (Fsp3) is 0.588. The van der Waals surface area contributed by atoms with Crippen LogP contribution in [0, 0.1) is 5.92 Å². The van der Waals surface area contributed by atoms with Crippen LogP contribution < -0.4 is 0 Å². The van der Waals surface area contributed by atoms with Gasteiger partial charge in [-0.3, -0.25) is 4.79 Å². The molecular weight excluding hydrogens is 266 g/mol. The molecule has 1 amide bonds. The lowest BCUT2D eigenvalue weighted by Crippen LogP contribution is -2.42. The standard InChI is InChI=1S/C17H23NO3/c19-11-10-18(9-8-13-4-2-1-3-5-13)17(20)15-12-14-6-7-16(15)21-14/h1-5,14-16,19H,6-12H2. The molecule has 4 nitrogen and oxygen atoms in total. The first-order chi connectivity index (χ1) is 10.3. The molecule has 2 aliphatic heterocycles. The van der Waals surface area contributed by atoms with E-state index in [9.17, 15) is 9.90 Å². The molecule has 0 spiro atoms. The van der Waals surface area contributed by atoms with Gasteiger partial charge in [-0.1, -0.05) is 30.3 Å². The first-order valence-corrected chi connectivity index (χ1v) is 7.87. The third-order valence-electron chi connectivity index (χ3n) is 4.62. The van der Waals surface area contributed by atoms with Gasteiger partial charge < -0.3 is 14.7 Å². The summed E-state index contributed by atoms with van der Waals surface area (Å²) >= 11 is 0. The zero-order valence-electron chi connectivity index (χ0n) is 12.3. The molecule has 2 aliphatic rings. The lowest BCUT2D eigenvalue weighted by molar-refractivity contribution is -0.137. The predicted molar refractivity (Wildman–Crippen MR) is 79.8 cm³/mol. The highest BCUT2D eigenvalue weighted by molar-refractivity contribution is 5.80.